The third-order valence-corrected chi connectivity index (χ3v) is 3.70. The first-order valence-electron chi connectivity index (χ1n) is 8.32. The van der Waals surface area contributed by atoms with Gasteiger partial charge in [0.2, 0.25) is 0 Å². The number of nitrogens with zero attached hydrogens (tertiary/aromatic N) is 2. The van der Waals surface area contributed by atoms with Crippen LogP contribution in [-0.4, -0.2) is 34.1 Å². The summed E-state index contributed by atoms with van der Waals surface area (Å²) >= 11 is 0. The van der Waals surface area contributed by atoms with Gasteiger partial charge in [0, 0.05) is 29.6 Å². The van der Waals surface area contributed by atoms with Gasteiger partial charge in [-0.25, -0.2) is 4.98 Å². The second-order valence-corrected chi connectivity index (χ2v) is 6.31. The molecular formula is C19H18F3N3O2. The molecule has 0 aliphatic heterocycles. The average molecular weight is 377 g/mol. The molecule has 8 heteroatoms. The number of imidazole rings is 1. The van der Waals surface area contributed by atoms with Crippen molar-refractivity contribution in [1.29, 1.82) is 0 Å². The number of carbonyl (C=O) groups is 1. The van der Waals surface area contributed by atoms with E-state index in [1.807, 2.05) is 13.8 Å². The van der Waals surface area contributed by atoms with E-state index in [4.69, 9.17) is 4.74 Å². The molecule has 0 bridgehead atoms. The van der Waals surface area contributed by atoms with Crippen molar-refractivity contribution >= 4 is 11.6 Å². The van der Waals surface area contributed by atoms with Crippen molar-refractivity contribution in [3.8, 4) is 16.9 Å². The zero-order valence-corrected chi connectivity index (χ0v) is 14.7. The Morgan fingerprint density at radius 3 is 2.59 bits per heavy atom. The summed E-state index contributed by atoms with van der Waals surface area (Å²) in [5, 5.41) is 2.76. The van der Waals surface area contributed by atoms with Crippen LogP contribution in [0.1, 0.15) is 24.3 Å². The summed E-state index contributed by atoms with van der Waals surface area (Å²) < 4.78 is 44.2. The van der Waals surface area contributed by atoms with Crippen LogP contribution in [0.25, 0.3) is 16.8 Å². The summed E-state index contributed by atoms with van der Waals surface area (Å²) in [7, 11) is 0. The van der Waals surface area contributed by atoms with E-state index in [1.54, 1.807) is 47.1 Å². The molecule has 0 aliphatic rings. The second kappa shape index (κ2) is 7.30. The number of ether oxygens (including phenoxy) is 1. The van der Waals surface area contributed by atoms with E-state index in [9.17, 15) is 18.0 Å². The first-order valence-corrected chi connectivity index (χ1v) is 8.32. The molecule has 0 saturated heterocycles. The van der Waals surface area contributed by atoms with Gasteiger partial charge in [0.05, 0.1) is 0 Å². The molecule has 1 amide bonds. The highest BCUT2D eigenvalue weighted by molar-refractivity contribution is 5.94. The Balaban J connectivity index is 2.03. The lowest BCUT2D eigenvalue weighted by Crippen LogP contribution is -2.30. The van der Waals surface area contributed by atoms with Crippen molar-refractivity contribution in [3.05, 3.63) is 54.5 Å². The fourth-order valence-corrected chi connectivity index (χ4v) is 2.64. The predicted octanol–water partition coefficient (Wildman–Crippen LogP) is 4.08. The standard InChI is InChI=1S/C19H18F3N3O2/c1-12(2)23-18(26)15-10-25-9-5-7-14(17(25)24-15)13-6-3-4-8-16(13)27-11-19(20,21)22/h3-10,12H,11H2,1-2H3,(H,23,26). The van der Waals surface area contributed by atoms with E-state index in [1.165, 1.54) is 6.07 Å². The van der Waals surface area contributed by atoms with E-state index in [-0.39, 0.29) is 23.4 Å². The maximum Gasteiger partial charge on any atom is 0.422 e. The van der Waals surface area contributed by atoms with Crippen molar-refractivity contribution in [3.63, 3.8) is 0 Å². The molecule has 2 aromatic heterocycles. The van der Waals surface area contributed by atoms with Gasteiger partial charge in [-0.3, -0.25) is 4.79 Å². The maximum atomic E-state index is 12.5. The molecule has 1 aromatic carbocycles. The number of pyridine rings is 1. The maximum absolute atomic E-state index is 12.5. The van der Waals surface area contributed by atoms with Crippen LogP contribution in [-0.2, 0) is 0 Å². The number of alkyl halides is 3. The molecule has 142 valence electrons. The Hall–Kier alpha value is -3.03. The van der Waals surface area contributed by atoms with Crippen LogP contribution in [0.3, 0.4) is 0 Å². The minimum Gasteiger partial charge on any atom is -0.483 e. The van der Waals surface area contributed by atoms with E-state index < -0.39 is 12.8 Å². The molecule has 5 nitrogen and oxygen atoms in total. The number of carbonyl (C=O) groups excluding carboxylic acids is 1. The van der Waals surface area contributed by atoms with Gasteiger partial charge in [-0.15, -0.1) is 0 Å². The molecule has 0 aliphatic carbocycles. The molecule has 0 saturated carbocycles. The number of fused-ring (bicyclic) bond motifs is 1. The summed E-state index contributed by atoms with van der Waals surface area (Å²) in [6, 6.07) is 9.84. The molecule has 1 N–H and O–H groups in total. The van der Waals surface area contributed by atoms with Crippen LogP contribution in [0.2, 0.25) is 0 Å². The van der Waals surface area contributed by atoms with Crippen molar-refractivity contribution in [1.82, 2.24) is 14.7 Å². The van der Waals surface area contributed by atoms with Gasteiger partial charge in [-0.2, -0.15) is 13.2 Å². The van der Waals surface area contributed by atoms with Crippen molar-refractivity contribution in [2.24, 2.45) is 0 Å². The molecular weight excluding hydrogens is 359 g/mol. The van der Waals surface area contributed by atoms with Crippen LogP contribution in [0, 0.1) is 0 Å². The number of amides is 1. The smallest absolute Gasteiger partial charge is 0.422 e. The van der Waals surface area contributed by atoms with Crippen LogP contribution in [0.4, 0.5) is 13.2 Å². The third kappa shape index (κ3) is 4.39. The second-order valence-electron chi connectivity index (χ2n) is 6.31. The Labute approximate surface area is 153 Å². The van der Waals surface area contributed by atoms with Gasteiger partial charge >= 0.3 is 6.18 Å². The van der Waals surface area contributed by atoms with Gasteiger partial charge in [-0.05, 0) is 32.0 Å². The number of aromatic nitrogens is 2. The number of benzene rings is 1. The highest BCUT2D eigenvalue weighted by atomic mass is 19.4. The summed E-state index contributed by atoms with van der Waals surface area (Å²) in [5.74, 6) is -0.222. The van der Waals surface area contributed by atoms with Crippen LogP contribution >= 0.6 is 0 Å². The number of rotatable bonds is 5. The van der Waals surface area contributed by atoms with Gasteiger partial charge in [-0.1, -0.05) is 18.2 Å². The van der Waals surface area contributed by atoms with Crippen LogP contribution in [0.5, 0.6) is 5.75 Å². The largest absolute Gasteiger partial charge is 0.483 e. The number of halogens is 3. The zero-order chi connectivity index (χ0) is 19.6. The molecule has 2 heterocycles. The number of hydrogen-bond acceptors (Lipinski definition) is 3. The van der Waals surface area contributed by atoms with Gasteiger partial charge in [0.15, 0.2) is 6.61 Å². The predicted molar refractivity (Wildman–Crippen MR) is 94.8 cm³/mol. The molecule has 27 heavy (non-hydrogen) atoms. The summed E-state index contributed by atoms with van der Waals surface area (Å²) in [4.78, 5) is 16.6. The molecule has 0 atom stereocenters. The fraction of sp³-hybridized carbons (Fsp3) is 0.263. The highest BCUT2D eigenvalue weighted by Crippen LogP contribution is 2.33. The number of hydrogen-bond donors (Lipinski definition) is 1. The Morgan fingerprint density at radius 2 is 1.89 bits per heavy atom. The van der Waals surface area contributed by atoms with E-state index in [2.05, 4.69) is 10.3 Å². The van der Waals surface area contributed by atoms with Crippen LogP contribution < -0.4 is 10.1 Å². The first kappa shape index (κ1) is 18.8. The molecule has 3 aromatic rings. The highest BCUT2D eigenvalue weighted by Gasteiger charge is 2.29. The van der Waals surface area contributed by atoms with Gasteiger partial charge in [0.25, 0.3) is 5.91 Å². The summed E-state index contributed by atoms with van der Waals surface area (Å²) in [5.41, 5.74) is 1.71. The Morgan fingerprint density at radius 1 is 1.19 bits per heavy atom. The molecule has 3 rings (SSSR count). The minimum absolute atomic E-state index is 0.0433. The van der Waals surface area contributed by atoms with Crippen molar-refractivity contribution in [2.45, 2.75) is 26.1 Å². The SMILES string of the molecule is CC(C)NC(=O)c1cn2cccc(-c3ccccc3OCC(F)(F)F)c2n1. The van der Waals surface area contributed by atoms with Gasteiger partial charge < -0.3 is 14.5 Å². The number of para-hydroxylation sites is 1. The van der Waals surface area contributed by atoms with Crippen molar-refractivity contribution < 1.29 is 22.7 Å². The number of nitrogens with one attached hydrogen (secondary N) is 1. The lowest BCUT2D eigenvalue weighted by atomic mass is 10.1. The monoisotopic (exact) mass is 377 g/mol. The van der Waals surface area contributed by atoms with Crippen LogP contribution in [0.15, 0.2) is 48.8 Å². The first-order chi connectivity index (χ1) is 12.7. The van der Waals surface area contributed by atoms with E-state index in [0.717, 1.165) is 0 Å². The molecule has 0 spiro atoms. The Kier molecular flexibility index (Phi) is 5.07. The molecule has 0 radical (unpaired) electrons. The summed E-state index contributed by atoms with van der Waals surface area (Å²) in [6.45, 7) is 2.30. The fourth-order valence-electron chi connectivity index (χ4n) is 2.64. The Bertz CT molecular complexity index is 964. The topological polar surface area (TPSA) is 55.6 Å². The lowest BCUT2D eigenvalue weighted by molar-refractivity contribution is -0.153. The van der Waals surface area contributed by atoms with Crippen molar-refractivity contribution in [2.75, 3.05) is 6.61 Å². The molecule has 0 fully saturated rings. The summed E-state index contributed by atoms with van der Waals surface area (Å²) in [6.07, 6.45) is -1.14. The normalized spacial score (nSPS) is 11.8. The third-order valence-electron chi connectivity index (χ3n) is 3.70. The average Bonchev–Trinajstić information content (AvgIpc) is 3.03. The lowest BCUT2D eigenvalue weighted by Gasteiger charge is -2.13. The zero-order valence-electron chi connectivity index (χ0n) is 14.7. The quantitative estimate of drug-likeness (QED) is 0.729. The van der Waals surface area contributed by atoms with E-state index >= 15 is 0 Å². The molecule has 0 unspecified atom stereocenters. The minimum atomic E-state index is -4.44. The van der Waals surface area contributed by atoms with Gasteiger partial charge in [0.1, 0.15) is 17.1 Å². The van der Waals surface area contributed by atoms with E-state index in [0.29, 0.717) is 16.8 Å².